The summed E-state index contributed by atoms with van der Waals surface area (Å²) in [5.74, 6) is 0.559. The van der Waals surface area contributed by atoms with E-state index in [1.54, 1.807) is 18.5 Å². The van der Waals surface area contributed by atoms with Crippen molar-refractivity contribution in [2.45, 2.75) is 39.0 Å². The minimum absolute atomic E-state index is 0.160. The lowest BCUT2D eigenvalue weighted by atomic mass is 10.2. The number of hydrogen-bond donors (Lipinski definition) is 3. The Bertz CT molecular complexity index is 491. The Morgan fingerprint density at radius 3 is 2.58 bits per heavy atom. The van der Waals surface area contributed by atoms with Crippen LogP contribution in [0.25, 0.3) is 0 Å². The molecule has 2 amide bonds. The molecule has 0 saturated carbocycles. The predicted molar refractivity (Wildman–Crippen MR) is 93.0 cm³/mol. The van der Waals surface area contributed by atoms with E-state index >= 15 is 0 Å². The van der Waals surface area contributed by atoms with Gasteiger partial charge in [-0.25, -0.2) is 14.8 Å². The van der Waals surface area contributed by atoms with E-state index < -0.39 is 0 Å². The van der Waals surface area contributed by atoms with E-state index in [1.807, 2.05) is 0 Å². The number of nitrogens with one attached hydrogen (secondary N) is 3. The minimum Gasteiger partial charge on any atom is -0.373 e. The lowest BCUT2D eigenvalue weighted by Gasteiger charge is -2.38. The molecule has 1 saturated heterocycles. The standard InChI is InChI=1S/C16H28N6O2/c1-12(22-10-13(2)24-14(3)11-22)9-21-16(23)20-8-7-19-15-17-5-4-6-18-15/h4-6,12-14H,7-11H2,1-3H3,(H,17,18,19)(H2,20,21,23)/t12-,13-,14+/m1/s1. The van der Waals surface area contributed by atoms with Crippen LogP contribution >= 0.6 is 0 Å². The number of urea groups is 1. The fraction of sp³-hybridized carbons (Fsp3) is 0.688. The number of carbonyl (C=O) groups is 1. The van der Waals surface area contributed by atoms with E-state index in [4.69, 9.17) is 4.74 Å². The van der Waals surface area contributed by atoms with E-state index in [1.165, 1.54) is 0 Å². The number of anilines is 1. The van der Waals surface area contributed by atoms with Gasteiger partial charge in [0.25, 0.3) is 0 Å². The summed E-state index contributed by atoms with van der Waals surface area (Å²) in [5.41, 5.74) is 0. The molecular weight excluding hydrogens is 308 g/mol. The topological polar surface area (TPSA) is 91.4 Å². The zero-order valence-corrected chi connectivity index (χ0v) is 14.7. The van der Waals surface area contributed by atoms with Crippen LogP contribution in [-0.2, 0) is 4.74 Å². The highest BCUT2D eigenvalue weighted by Crippen LogP contribution is 2.13. The van der Waals surface area contributed by atoms with E-state index in [-0.39, 0.29) is 24.3 Å². The maximum atomic E-state index is 11.8. The third-order valence-corrected chi connectivity index (χ3v) is 3.89. The van der Waals surface area contributed by atoms with Crippen molar-refractivity contribution in [3.63, 3.8) is 0 Å². The molecule has 2 heterocycles. The van der Waals surface area contributed by atoms with Gasteiger partial charge in [0.05, 0.1) is 12.2 Å². The summed E-state index contributed by atoms with van der Waals surface area (Å²) < 4.78 is 5.74. The molecule has 0 unspecified atom stereocenters. The van der Waals surface area contributed by atoms with E-state index in [0.717, 1.165) is 13.1 Å². The summed E-state index contributed by atoms with van der Waals surface area (Å²) in [5, 5.41) is 8.77. The van der Waals surface area contributed by atoms with Gasteiger partial charge in [0.15, 0.2) is 0 Å². The van der Waals surface area contributed by atoms with E-state index in [9.17, 15) is 4.79 Å². The highest BCUT2D eigenvalue weighted by Gasteiger charge is 2.25. The van der Waals surface area contributed by atoms with Gasteiger partial charge >= 0.3 is 6.03 Å². The third-order valence-electron chi connectivity index (χ3n) is 3.89. The number of aromatic nitrogens is 2. The first-order valence-corrected chi connectivity index (χ1v) is 8.46. The highest BCUT2D eigenvalue weighted by atomic mass is 16.5. The van der Waals surface area contributed by atoms with Crippen LogP contribution in [0.1, 0.15) is 20.8 Å². The number of ether oxygens (including phenoxy) is 1. The Labute approximate surface area is 143 Å². The average molecular weight is 336 g/mol. The molecule has 0 aliphatic carbocycles. The maximum absolute atomic E-state index is 11.8. The molecule has 2 rings (SSSR count). The van der Waals surface area contributed by atoms with E-state index in [2.05, 4.69) is 51.6 Å². The van der Waals surface area contributed by atoms with Crippen LogP contribution < -0.4 is 16.0 Å². The molecule has 8 nitrogen and oxygen atoms in total. The van der Waals surface area contributed by atoms with Gasteiger partial charge in [0, 0.05) is 51.2 Å². The third kappa shape index (κ3) is 6.29. The summed E-state index contributed by atoms with van der Waals surface area (Å²) in [6.07, 6.45) is 3.81. The van der Waals surface area contributed by atoms with Crippen LogP contribution in [0, 0.1) is 0 Å². The quantitative estimate of drug-likeness (QED) is 0.635. The van der Waals surface area contributed by atoms with Crippen LogP contribution in [0.5, 0.6) is 0 Å². The molecule has 3 atom stereocenters. The predicted octanol–water partition coefficient (Wildman–Crippen LogP) is 0.685. The first-order valence-electron chi connectivity index (χ1n) is 8.46. The van der Waals surface area contributed by atoms with Crippen LogP contribution in [0.4, 0.5) is 10.7 Å². The first kappa shape index (κ1) is 18.4. The second kappa shape index (κ2) is 9.39. The molecule has 0 aromatic carbocycles. The number of carbonyl (C=O) groups excluding carboxylic acids is 1. The molecule has 1 fully saturated rings. The van der Waals surface area contributed by atoms with Crippen LogP contribution in [0.2, 0.25) is 0 Å². The summed E-state index contributed by atoms with van der Waals surface area (Å²) in [6.45, 7) is 9.78. The number of morpholine rings is 1. The Morgan fingerprint density at radius 1 is 1.25 bits per heavy atom. The zero-order chi connectivity index (χ0) is 17.4. The van der Waals surface area contributed by atoms with Crippen molar-refractivity contribution in [1.29, 1.82) is 0 Å². The molecule has 24 heavy (non-hydrogen) atoms. The Morgan fingerprint density at radius 2 is 1.92 bits per heavy atom. The molecule has 1 aromatic heterocycles. The van der Waals surface area contributed by atoms with Crippen molar-refractivity contribution < 1.29 is 9.53 Å². The van der Waals surface area contributed by atoms with Gasteiger partial charge in [0.1, 0.15) is 0 Å². The SMILES string of the molecule is C[C@@H]1CN([C@H](C)CNC(=O)NCCNc2ncccn2)C[C@H](C)O1. The van der Waals surface area contributed by atoms with Gasteiger partial charge < -0.3 is 20.7 Å². The maximum Gasteiger partial charge on any atom is 0.314 e. The Balaban J connectivity index is 1.58. The smallest absolute Gasteiger partial charge is 0.314 e. The van der Waals surface area contributed by atoms with Crippen LogP contribution in [-0.4, -0.2) is 71.9 Å². The van der Waals surface area contributed by atoms with Crippen molar-refractivity contribution in [3.05, 3.63) is 18.5 Å². The average Bonchev–Trinajstić information content (AvgIpc) is 2.56. The molecular formula is C16H28N6O2. The van der Waals surface area contributed by atoms with Crippen LogP contribution in [0.3, 0.4) is 0 Å². The number of amides is 2. The van der Waals surface area contributed by atoms with Gasteiger partial charge in [-0.1, -0.05) is 0 Å². The van der Waals surface area contributed by atoms with Crippen molar-refractivity contribution >= 4 is 12.0 Å². The second-order valence-corrected chi connectivity index (χ2v) is 6.20. The number of rotatable bonds is 7. The van der Waals surface area contributed by atoms with Crippen molar-refractivity contribution in [2.75, 3.05) is 38.0 Å². The fourth-order valence-electron chi connectivity index (χ4n) is 2.75. The van der Waals surface area contributed by atoms with Gasteiger partial charge in [-0.2, -0.15) is 0 Å². The fourth-order valence-corrected chi connectivity index (χ4v) is 2.75. The summed E-state index contributed by atoms with van der Waals surface area (Å²) in [6, 6.07) is 1.88. The minimum atomic E-state index is -0.160. The van der Waals surface area contributed by atoms with Gasteiger partial charge in [0.2, 0.25) is 5.95 Å². The zero-order valence-electron chi connectivity index (χ0n) is 14.7. The molecule has 8 heteroatoms. The Hall–Kier alpha value is -1.93. The van der Waals surface area contributed by atoms with Crippen molar-refractivity contribution in [1.82, 2.24) is 25.5 Å². The lowest BCUT2D eigenvalue weighted by Crippen LogP contribution is -2.53. The van der Waals surface area contributed by atoms with Crippen molar-refractivity contribution in [3.8, 4) is 0 Å². The lowest BCUT2D eigenvalue weighted by molar-refractivity contribution is -0.0778. The number of nitrogens with zero attached hydrogens (tertiary/aromatic N) is 3. The molecule has 0 bridgehead atoms. The monoisotopic (exact) mass is 336 g/mol. The normalized spacial score (nSPS) is 22.6. The second-order valence-electron chi connectivity index (χ2n) is 6.20. The van der Waals surface area contributed by atoms with Gasteiger partial charge in [-0.05, 0) is 26.8 Å². The first-order chi connectivity index (χ1) is 11.5. The van der Waals surface area contributed by atoms with Gasteiger partial charge in [-0.15, -0.1) is 0 Å². The molecule has 1 aliphatic heterocycles. The molecule has 1 aromatic rings. The number of hydrogen-bond acceptors (Lipinski definition) is 6. The summed E-state index contributed by atoms with van der Waals surface area (Å²) >= 11 is 0. The Kier molecular flexibility index (Phi) is 7.20. The summed E-state index contributed by atoms with van der Waals surface area (Å²) in [4.78, 5) is 22.3. The highest BCUT2D eigenvalue weighted by molar-refractivity contribution is 5.73. The molecule has 1 aliphatic rings. The summed E-state index contributed by atoms with van der Waals surface area (Å²) in [7, 11) is 0. The van der Waals surface area contributed by atoms with Crippen LogP contribution in [0.15, 0.2) is 18.5 Å². The largest absolute Gasteiger partial charge is 0.373 e. The molecule has 0 spiro atoms. The molecule has 134 valence electrons. The molecule has 3 N–H and O–H groups in total. The van der Waals surface area contributed by atoms with Gasteiger partial charge in [-0.3, -0.25) is 4.90 Å². The molecule has 0 radical (unpaired) electrons. The van der Waals surface area contributed by atoms with Crippen molar-refractivity contribution in [2.24, 2.45) is 0 Å². The van der Waals surface area contributed by atoms with E-state index in [0.29, 0.717) is 25.6 Å².